The number of carbonyl (C=O) groups is 1. The first-order valence-corrected chi connectivity index (χ1v) is 10.9. The number of nitrogens with one attached hydrogen (secondary N) is 1. The summed E-state index contributed by atoms with van der Waals surface area (Å²) in [4.78, 5) is 34.0. The van der Waals surface area contributed by atoms with E-state index in [1.165, 1.54) is 22.9 Å². The van der Waals surface area contributed by atoms with Crippen LogP contribution in [0, 0.1) is 0 Å². The molecule has 4 rings (SSSR count). The van der Waals surface area contributed by atoms with Gasteiger partial charge in [0.25, 0.3) is 5.56 Å². The summed E-state index contributed by atoms with van der Waals surface area (Å²) in [6.45, 7) is 0.929. The van der Waals surface area contributed by atoms with Crippen LogP contribution in [0.1, 0.15) is 18.4 Å². The van der Waals surface area contributed by atoms with Crippen LogP contribution in [0.2, 0.25) is 0 Å². The van der Waals surface area contributed by atoms with Crippen molar-refractivity contribution in [2.75, 3.05) is 17.7 Å². The number of nitrogens with zero attached hydrogens (tertiary/aromatic N) is 3. The number of alkyl halides is 3. The van der Waals surface area contributed by atoms with Crippen molar-refractivity contribution >= 4 is 34.4 Å². The Morgan fingerprint density at radius 1 is 1.28 bits per heavy atom. The number of pyridine rings is 1. The molecule has 1 aliphatic rings. The van der Waals surface area contributed by atoms with Crippen molar-refractivity contribution in [3.63, 3.8) is 0 Å². The minimum Gasteiger partial charge on any atom is -0.376 e. The highest BCUT2D eigenvalue weighted by Crippen LogP contribution is 2.30. The van der Waals surface area contributed by atoms with Gasteiger partial charge in [-0.15, -0.1) is 0 Å². The second-order valence-electron chi connectivity index (χ2n) is 7.24. The van der Waals surface area contributed by atoms with E-state index < -0.39 is 17.6 Å². The molecule has 2 aromatic heterocycles. The van der Waals surface area contributed by atoms with E-state index >= 15 is 0 Å². The zero-order valence-electron chi connectivity index (χ0n) is 16.8. The lowest BCUT2D eigenvalue weighted by molar-refractivity contribution is -0.137. The molecule has 1 amide bonds. The van der Waals surface area contributed by atoms with Gasteiger partial charge < -0.3 is 10.1 Å². The lowest BCUT2D eigenvalue weighted by Crippen LogP contribution is -2.29. The van der Waals surface area contributed by atoms with Gasteiger partial charge in [-0.25, -0.2) is 9.97 Å². The maximum Gasteiger partial charge on any atom is 0.416 e. The molecular formula is C21H19F3N4O3S. The summed E-state index contributed by atoms with van der Waals surface area (Å²) < 4.78 is 45.7. The van der Waals surface area contributed by atoms with E-state index in [2.05, 4.69) is 15.3 Å². The van der Waals surface area contributed by atoms with Crippen molar-refractivity contribution in [1.29, 1.82) is 0 Å². The van der Waals surface area contributed by atoms with Crippen LogP contribution in [0.3, 0.4) is 0 Å². The molecule has 11 heteroatoms. The van der Waals surface area contributed by atoms with Gasteiger partial charge in [-0.1, -0.05) is 17.8 Å². The summed E-state index contributed by atoms with van der Waals surface area (Å²) in [6.07, 6.45) is -1.38. The number of carbonyl (C=O) groups excluding carboxylic acids is 1. The monoisotopic (exact) mass is 464 g/mol. The highest BCUT2D eigenvalue weighted by atomic mass is 32.2. The number of thioether (sulfide) groups is 1. The number of anilines is 1. The Balaban J connectivity index is 1.53. The lowest BCUT2D eigenvalue weighted by Gasteiger charge is -2.16. The van der Waals surface area contributed by atoms with Gasteiger partial charge in [0.2, 0.25) is 5.91 Å². The Morgan fingerprint density at radius 2 is 2.12 bits per heavy atom. The van der Waals surface area contributed by atoms with Crippen LogP contribution in [0.5, 0.6) is 0 Å². The van der Waals surface area contributed by atoms with E-state index in [1.54, 1.807) is 12.1 Å². The van der Waals surface area contributed by atoms with E-state index in [4.69, 9.17) is 4.74 Å². The quantitative estimate of drug-likeness (QED) is 0.442. The summed E-state index contributed by atoms with van der Waals surface area (Å²) in [7, 11) is 0. The highest BCUT2D eigenvalue weighted by molar-refractivity contribution is 7.99. The van der Waals surface area contributed by atoms with Gasteiger partial charge in [0.05, 0.1) is 29.4 Å². The van der Waals surface area contributed by atoms with Crippen LogP contribution in [-0.2, 0) is 22.3 Å². The number of hydrogen-bond acceptors (Lipinski definition) is 6. The third-order valence-electron chi connectivity index (χ3n) is 4.91. The lowest BCUT2D eigenvalue weighted by atomic mass is 10.2. The Bertz CT molecular complexity index is 1190. The van der Waals surface area contributed by atoms with Gasteiger partial charge in [0.15, 0.2) is 10.8 Å². The number of halogens is 3. The molecule has 0 saturated carbocycles. The topological polar surface area (TPSA) is 86.1 Å². The molecule has 1 aromatic carbocycles. The Morgan fingerprint density at radius 3 is 2.88 bits per heavy atom. The number of aromatic nitrogens is 3. The fourth-order valence-corrected chi connectivity index (χ4v) is 4.20. The first kappa shape index (κ1) is 22.3. The predicted molar refractivity (Wildman–Crippen MR) is 114 cm³/mol. The number of rotatable bonds is 6. The second kappa shape index (κ2) is 9.29. The van der Waals surface area contributed by atoms with E-state index in [0.29, 0.717) is 23.7 Å². The molecule has 32 heavy (non-hydrogen) atoms. The van der Waals surface area contributed by atoms with Crippen molar-refractivity contribution in [2.45, 2.75) is 36.8 Å². The Kier molecular flexibility index (Phi) is 6.47. The number of hydrogen-bond donors (Lipinski definition) is 1. The fraction of sp³-hybridized carbons (Fsp3) is 0.333. The van der Waals surface area contributed by atoms with E-state index in [9.17, 15) is 22.8 Å². The summed E-state index contributed by atoms with van der Waals surface area (Å²) in [6, 6.07) is 7.69. The summed E-state index contributed by atoms with van der Waals surface area (Å²) >= 11 is 1.02. The van der Waals surface area contributed by atoms with Gasteiger partial charge in [-0.3, -0.25) is 14.2 Å². The third-order valence-corrected chi connectivity index (χ3v) is 5.89. The van der Waals surface area contributed by atoms with E-state index in [1.807, 2.05) is 0 Å². The maximum atomic E-state index is 13.0. The number of amides is 1. The predicted octanol–water partition coefficient (Wildman–Crippen LogP) is 3.72. The molecule has 0 spiro atoms. The van der Waals surface area contributed by atoms with E-state index in [0.717, 1.165) is 36.7 Å². The number of fused-ring (bicyclic) bond motifs is 1. The average Bonchev–Trinajstić information content (AvgIpc) is 3.27. The maximum absolute atomic E-state index is 13.0. The van der Waals surface area contributed by atoms with Crippen molar-refractivity contribution in [1.82, 2.24) is 14.5 Å². The van der Waals surface area contributed by atoms with Crippen LogP contribution in [0.4, 0.5) is 18.9 Å². The van der Waals surface area contributed by atoms with Crippen LogP contribution >= 0.6 is 11.8 Å². The van der Waals surface area contributed by atoms with Crippen LogP contribution < -0.4 is 10.9 Å². The van der Waals surface area contributed by atoms with Gasteiger partial charge in [0.1, 0.15) is 0 Å². The molecule has 7 nitrogen and oxygen atoms in total. The van der Waals surface area contributed by atoms with Gasteiger partial charge >= 0.3 is 6.18 Å². The van der Waals surface area contributed by atoms with Crippen molar-refractivity contribution in [3.8, 4) is 0 Å². The zero-order valence-corrected chi connectivity index (χ0v) is 17.6. The zero-order chi connectivity index (χ0) is 22.7. The number of benzene rings is 1. The van der Waals surface area contributed by atoms with Crippen LogP contribution in [-0.4, -0.2) is 38.9 Å². The molecule has 1 aliphatic heterocycles. The first-order valence-electron chi connectivity index (χ1n) is 9.88. The molecule has 1 fully saturated rings. The Hall–Kier alpha value is -2.92. The molecular weight excluding hydrogens is 445 g/mol. The minimum absolute atomic E-state index is 0.0373. The molecule has 168 valence electrons. The second-order valence-corrected chi connectivity index (χ2v) is 8.18. The fourth-order valence-electron chi connectivity index (χ4n) is 3.40. The van der Waals surface area contributed by atoms with Crippen molar-refractivity contribution < 1.29 is 22.7 Å². The van der Waals surface area contributed by atoms with E-state index in [-0.39, 0.29) is 28.8 Å². The first-order chi connectivity index (χ1) is 15.3. The largest absolute Gasteiger partial charge is 0.416 e. The average molecular weight is 464 g/mol. The SMILES string of the molecule is O=C(CSc1nc2ncccc2c(=O)n1CC1CCCO1)Nc1cccc(C(F)(F)F)c1. The van der Waals surface area contributed by atoms with Gasteiger partial charge in [0, 0.05) is 18.5 Å². The van der Waals surface area contributed by atoms with Crippen LogP contribution in [0.25, 0.3) is 11.0 Å². The van der Waals surface area contributed by atoms with Crippen LogP contribution in [0.15, 0.2) is 52.5 Å². The summed E-state index contributed by atoms with van der Waals surface area (Å²) in [5, 5.41) is 3.12. The molecule has 1 saturated heterocycles. The molecule has 0 aliphatic carbocycles. The third kappa shape index (κ3) is 5.10. The number of ether oxygens (including phenoxy) is 1. The highest BCUT2D eigenvalue weighted by Gasteiger charge is 2.30. The summed E-state index contributed by atoms with van der Waals surface area (Å²) in [5.41, 5.74) is -0.827. The summed E-state index contributed by atoms with van der Waals surface area (Å²) in [5.74, 6) is -0.666. The molecule has 0 bridgehead atoms. The minimum atomic E-state index is -4.50. The normalized spacial score (nSPS) is 16.4. The molecule has 1 N–H and O–H groups in total. The van der Waals surface area contributed by atoms with Gasteiger partial charge in [-0.2, -0.15) is 13.2 Å². The molecule has 1 unspecified atom stereocenters. The standard InChI is InChI=1S/C21H19F3N4O3S/c22-21(23,24)13-4-1-5-14(10-13)26-17(29)12-32-20-27-18-16(7-2-8-25-18)19(30)28(20)11-15-6-3-9-31-15/h1-2,4-5,7-8,10,15H,3,6,9,11-12H2,(H,26,29). The van der Waals surface area contributed by atoms with Crippen molar-refractivity contribution in [3.05, 3.63) is 58.5 Å². The smallest absolute Gasteiger partial charge is 0.376 e. The Labute approximate surface area is 185 Å². The molecule has 1 atom stereocenters. The van der Waals surface area contributed by atoms with Gasteiger partial charge in [-0.05, 0) is 43.2 Å². The molecule has 3 heterocycles. The van der Waals surface area contributed by atoms with Crippen molar-refractivity contribution in [2.24, 2.45) is 0 Å². The molecule has 0 radical (unpaired) electrons. The molecule has 3 aromatic rings.